The van der Waals surface area contributed by atoms with Gasteiger partial charge in [0.1, 0.15) is 6.54 Å². The lowest BCUT2D eigenvalue weighted by Crippen LogP contribution is -2.41. The van der Waals surface area contributed by atoms with E-state index in [9.17, 15) is 14.4 Å². The highest BCUT2D eigenvalue weighted by molar-refractivity contribution is 5.86. The Labute approximate surface area is 142 Å². The van der Waals surface area contributed by atoms with Crippen molar-refractivity contribution < 1.29 is 14.4 Å². The summed E-state index contributed by atoms with van der Waals surface area (Å²) in [6.45, 7) is 8.45. The van der Waals surface area contributed by atoms with Gasteiger partial charge in [0.15, 0.2) is 6.29 Å². The van der Waals surface area contributed by atoms with Crippen molar-refractivity contribution in [3.8, 4) is 0 Å². The molecule has 0 saturated carbocycles. The summed E-state index contributed by atoms with van der Waals surface area (Å²) in [6.07, 6.45) is 3.57. The molecular formula is C17H26N4O3. The molecule has 0 radical (unpaired) electrons. The van der Waals surface area contributed by atoms with E-state index in [4.69, 9.17) is 0 Å². The van der Waals surface area contributed by atoms with Crippen LogP contribution in [0.5, 0.6) is 0 Å². The highest BCUT2D eigenvalue weighted by atomic mass is 16.2. The predicted octanol–water partition coefficient (Wildman–Crippen LogP) is 1.09. The number of amides is 2. The Balaban J connectivity index is 2.04. The van der Waals surface area contributed by atoms with Crippen molar-refractivity contribution in [1.29, 1.82) is 0 Å². The molecule has 1 fully saturated rings. The van der Waals surface area contributed by atoms with Gasteiger partial charge in [0.05, 0.1) is 11.4 Å². The summed E-state index contributed by atoms with van der Waals surface area (Å²) in [5.74, 6) is -0.128. The summed E-state index contributed by atoms with van der Waals surface area (Å²) >= 11 is 0. The Morgan fingerprint density at radius 2 is 2.08 bits per heavy atom. The quantitative estimate of drug-likeness (QED) is 0.697. The van der Waals surface area contributed by atoms with Gasteiger partial charge < -0.3 is 15.2 Å². The zero-order valence-corrected chi connectivity index (χ0v) is 14.6. The first-order valence-electron chi connectivity index (χ1n) is 8.39. The van der Waals surface area contributed by atoms with E-state index in [1.165, 1.54) is 6.42 Å². The van der Waals surface area contributed by atoms with Crippen LogP contribution in [0, 0.1) is 13.8 Å². The smallest absolute Gasteiger partial charge is 0.240 e. The first kappa shape index (κ1) is 18.2. The van der Waals surface area contributed by atoms with Gasteiger partial charge in [0, 0.05) is 23.8 Å². The fourth-order valence-corrected chi connectivity index (χ4v) is 3.52. The molecule has 2 amide bonds. The van der Waals surface area contributed by atoms with Crippen LogP contribution in [-0.4, -0.2) is 53.7 Å². The van der Waals surface area contributed by atoms with Gasteiger partial charge in [-0.15, -0.1) is 0 Å². The van der Waals surface area contributed by atoms with E-state index in [2.05, 4.69) is 22.5 Å². The van der Waals surface area contributed by atoms with Crippen LogP contribution in [-0.2, 0) is 16.1 Å². The van der Waals surface area contributed by atoms with E-state index >= 15 is 0 Å². The molecule has 24 heavy (non-hydrogen) atoms. The van der Waals surface area contributed by atoms with Crippen molar-refractivity contribution in [2.24, 2.45) is 0 Å². The summed E-state index contributed by atoms with van der Waals surface area (Å²) < 4.78 is 1.65. The summed E-state index contributed by atoms with van der Waals surface area (Å²) in [6, 6.07) is 0.393. The lowest BCUT2D eigenvalue weighted by Gasteiger charge is -2.23. The molecule has 1 aliphatic rings. The van der Waals surface area contributed by atoms with E-state index in [0.717, 1.165) is 25.8 Å². The SMILES string of the molecule is CCN1CCCC1CNC(=O)Cn1c(C)c(NC=O)c(C)c1C=O. The van der Waals surface area contributed by atoms with Crippen molar-refractivity contribution in [2.45, 2.75) is 46.2 Å². The minimum Gasteiger partial charge on any atom is -0.353 e. The Bertz CT molecular complexity index is 624. The molecule has 7 nitrogen and oxygen atoms in total. The Kier molecular flexibility index (Phi) is 6.14. The molecule has 0 aromatic carbocycles. The monoisotopic (exact) mass is 334 g/mol. The molecule has 1 aliphatic heterocycles. The maximum Gasteiger partial charge on any atom is 0.240 e. The fourth-order valence-electron chi connectivity index (χ4n) is 3.52. The second-order valence-electron chi connectivity index (χ2n) is 6.17. The zero-order valence-electron chi connectivity index (χ0n) is 14.6. The van der Waals surface area contributed by atoms with Crippen LogP contribution in [0.2, 0.25) is 0 Å². The normalized spacial score (nSPS) is 17.7. The first-order valence-corrected chi connectivity index (χ1v) is 8.39. The Hall–Kier alpha value is -2.15. The number of hydrogen-bond acceptors (Lipinski definition) is 4. The van der Waals surface area contributed by atoms with Gasteiger partial charge >= 0.3 is 0 Å². The minimum absolute atomic E-state index is 0.0696. The van der Waals surface area contributed by atoms with Gasteiger partial charge in [-0.05, 0) is 39.8 Å². The number of nitrogens with zero attached hydrogens (tertiary/aromatic N) is 2. The van der Waals surface area contributed by atoms with Crippen LogP contribution in [0.15, 0.2) is 0 Å². The number of anilines is 1. The number of aromatic nitrogens is 1. The summed E-state index contributed by atoms with van der Waals surface area (Å²) in [5.41, 5.74) is 2.39. The molecule has 0 bridgehead atoms. The number of rotatable bonds is 8. The predicted molar refractivity (Wildman–Crippen MR) is 92.3 cm³/mol. The fraction of sp³-hybridized carbons (Fsp3) is 0.588. The summed E-state index contributed by atoms with van der Waals surface area (Å²) in [5, 5.41) is 5.57. The lowest BCUT2D eigenvalue weighted by molar-refractivity contribution is -0.121. The van der Waals surface area contributed by atoms with E-state index in [0.29, 0.717) is 41.6 Å². The van der Waals surface area contributed by atoms with Crippen LogP contribution in [0.4, 0.5) is 5.69 Å². The van der Waals surface area contributed by atoms with Crippen molar-refractivity contribution in [3.63, 3.8) is 0 Å². The highest BCUT2D eigenvalue weighted by Gasteiger charge is 2.24. The van der Waals surface area contributed by atoms with Crippen LogP contribution in [0.3, 0.4) is 0 Å². The number of likely N-dealkylation sites (N-methyl/N-ethyl adjacent to an activating group) is 1. The van der Waals surface area contributed by atoms with Crippen LogP contribution in [0.1, 0.15) is 41.5 Å². The van der Waals surface area contributed by atoms with Crippen molar-refractivity contribution >= 4 is 24.3 Å². The molecule has 2 heterocycles. The van der Waals surface area contributed by atoms with Gasteiger partial charge in [-0.25, -0.2) is 0 Å². The number of nitrogens with one attached hydrogen (secondary N) is 2. The summed E-state index contributed by atoms with van der Waals surface area (Å²) in [4.78, 5) is 36.8. The minimum atomic E-state index is -0.128. The first-order chi connectivity index (χ1) is 11.5. The molecule has 1 aromatic heterocycles. The second kappa shape index (κ2) is 8.10. The largest absolute Gasteiger partial charge is 0.353 e. The van der Waals surface area contributed by atoms with Crippen LogP contribution in [0.25, 0.3) is 0 Å². The van der Waals surface area contributed by atoms with E-state index < -0.39 is 0 Å². The van der Waals surface area contributed by atoms with Gasteiger partial charge in [-0.2, -0.15) is 0 Å². The standard InChI is InChI=1S/C17H26N4O3/c1-4-20-7-5-6-14(20)8-18-16(24)9-21-13(3)17(19-11-23)12(2)15(21)10-22/h10-11,14H,4-9H2,1-3H3,(H,18,24)(H,19,23). The maximum atomic E-state index is 12.3. The average Bonchev–Trinajstić information content (AvgIpc) is 3.11. The van der Waals surface area contributed by atoms with Gasteiger partial charge in [0.25, 0.3) is 0 Å². The number of carbonyl (C=O) groups excluding carboxylic acids is 3. The van der Waals surface area contributed by atoms with E-state index in [-0.39, 0.29) is 12.5 Å². The van der Waals surface area contributed by atoms with Crippen LogP contribution >= 0.6 is 0 Å². The number of carbonyl (C=O) groups is 3. The molecule has 1 aromatic rings. The topological polar surface area (TPSA) is 83.4 Å². The third kappa shape index (κ3) is 3.67. The summed E-state index contributed by atoms with van der Waals surface area (Å²) in [7, 11) is 0. The van der Waals surface area contributed by atoms with Gasteiger partial charge in [0.2, 0.25) is 12.3 Å². The van der Waals surface area contributed by atoms with Crippen molar-refractivity contribution in [2.75, 3.05) is 25.0 Å². The van der Waals surface area contributed by atoms with E-state index in [1.54, 1.807) is 18.4 Å². The second-order valence-corrected chi connectivity index (χ2v) is 6.17. The van der Waals surface area contributed by atoms with Crippen molar-refractivity contribution in [1.82, 2.24) is 14.8 Å². The van der Waals surface area contributed by atoms with Gasteiger partial charge in [-0.1, -0.05) is 6.92 Å². The third-order valence-electron chi connectivity index (χ3n) is 4.87. The average molecular weight is 334 g/mol. The molecule has 132 valence electrons. The van der Waals surface area contributed by atoms with Crippen LogP contribution < -0.4 is 10.6 Å². The Morgan fingerprint density at radius 3 is 2.71 bits per heavy atom. The third-order valence-corrected chi connectivity index (χ3v) is 4.87. The number of likely N-dealkylation sites (tertiary alicyclic amines) is 1. The molecule has 1 atom stereocenters. The molecule has 0 spiro atoms. The molecule has 0 aliphatic carbocycles. The maximum absolute atomic E-state index is 12.3. The zero-order chi connectivity index (χ0) is 17.7. The number of hydrogen-bond donors (Lipinski definition) is 2. The van der Waals surface area contributed by atoms with Crippen molar-refractivity contribution in [3.05, 3.63) is 17.0 Å². The molecule has 7 heteroatoms. The molecule has 2 N–H and O–H groups in total. The highest BCUT2D eigenvalue weighted by Crippen LogP contribution is 2.25. The van der Waals surface area contributed by atoms with E-state index in [1.807, 2.05) is 0 Å². The molecule has 1 unspecified atom stereocenters. The Morgan fingerprint density at radius 1 is 1.33 bits per heavy atom. The molecule has 1 saturated heterocycles. The van der Waals surface area contributed by atoms with Gasteiger partial charge in [-0.3, -0.25) is 19.3 Å². The molecular weight excluding hydrogens is 308 g/mol. The molecule has 2 rings (SSSR count). The number of aldehydes is 1. The lowest BCUT2D eigenvalue weighted by atomic mass is 10.2.